The molecule has 0 amide bonds. The van der Waals surface area contributed by atoms with E-state index in [-0.39, 0.29) is 5.89 Å². The number of nitrogens with one attached hydrogen (secondary N) is 2. The van der Waals surface area contributed by atoms with E-state index in [4.69, 9.17) is 16.0 Å². The van der Waals surface area contributed by atoms with E-state index in [1.54, 1.807) is 0 Å². The summed E-state index contributed by atoms with van der Waals surface area (Å²) in [5.41, 5.74) is 1.70. The summed E-state index contributed by atoms with van der Waals surface area (Å²) in [4.78, 5) is 19.2. The molecule has 3 rings (SSSR count). The Morgan fingerprint density at radius 2 is 1.91 bits per heavy atom. The van der Waals surface area contributed by atoms with Crippen LogP contribution >= 0.6 is 11.6 Å². The van der Waals surface area contributed by atoms with E-state index in [9.17, 15) is 4.79 Å². The Hall–Kier alpha value is -2.67. The Labute approximate surface area is 130 Å². The molecule has 2 N–H and O–H groups in total. The second kappa shape index (κ2) is 6.40. The van der Waals surface area contributed by atoms with Gasteiger partial charge in [-0.05, 0) is 24.1 Å². The van der Waals surface area contributed by atoms with Crippen molar-refractivity contribution in [2.24, 2.45) is 0 Å². The molecular weight excluding hydrogens is 306 g/mol. The van der Waals surface area contributed by atoms with Crippen LogP contribution in [-0.4, -0.2) is 26.7 Å². The van der Waals surface area contributed by atoms with Gasteiger partial charge in [0.15, 0.2) is 0 Å². The predicted octanol–water partition coefficient (Wildman–Crippen LogP) is 2.13. The summed E-state index contributed by atoms with van der Waals surface area (Å²) >= 11 is 5.84. The van der Waals surface area contributed by atoms with Crippen LogP contribution in [0.4, 0.5) is 5.95 Å². The highest BCUT2D eigenvalue weighted by Crippen LogP contribution is 2.13. The zero-order valence-corrected chi connectivity index (χ0v) is 12.2. The van der Waals surface area contributed by atoms with E-state index in [0.717, 1.165) is 11.4 Å². The number of H-pyrrole nitrogens is 1. The van der Waals surface area contributed by atoms with E-state index in [1.807, 2.05) is 24.3 Å². The smallest absolute Gasteiger partial charge is 0.388 e. The third-order valence-corrected chi connectivity index (χ3v) is 3.20. The summed E-state index contributed by atoms with van der Waals surface area (Å²) in [5, 5.41) is 9.73. The first kappa shape index (κ1) is 14.3. The minimum absolute atomic E-state index is 0.165. The average Bonchev–Trinajstić information content (AvgIpc) is 2.97. The van der Waals surface area contributed by atoms with Crippen LogP contribution in [0.1, 0.15) is 5.56 Å². The summed E-state index contributed by atoms with van der Waals surface area (Å²) in [6.45, 7) is 0.693. The molecule has 0 unspecified atom stereocenters. The van der Waals surface area contributed by atoms with E-state index in [1.165, 1.54) is 18.0 Å². The van der Waals surface area contributed by atoms with Gasteiger partial charge in [0.2, 0.25) is 5.95 Å². The molecule has 0 saturated heterocycles. The predicted molar refractivity (Wildman–Crippen MR) is 81.8 cm³/mol. The van der Waals surface area contributed by atoms with Crippen molar-refractivity contribution >= 4 is 17.5 Å². The third kappa shape index (κ3) is 3.50. The van der Waals surface area contributed by atoms with Crippen molar-refractivity contribution in [1.29, 1.82) is 0 Å². The number of aromatic amines is 1. The van der Waals surface area contributed by atoms with Gasteiger partial charge in [0.25, 0.3) is 5.89 Å². The summed E-state index contributed by atoms with van der Waals surface area (Å²) in [6, 6.07) is 7.68. The highest BCUT2D eigenvalue weighted by atomic mass is 35.5. The molecule has 2 heterocycles. The fourth-order valence-corrected chi connectivity index (χ4v) is 1.98. The van der Waals surface area contributed by atoms with Crippen molar-refractivity contribution in [3.8, 4) is 11.5 Å². The van der Waals surface area contributed by atoms with Gasteiger partial charge in [-0.15, -0.1) is 5.10 Å². The monoisotopic (exact) mass is 317 g/mol. The van der Waals surface area contributed by atoms with E-state index in [2.05, 4.69) is 25.5 Å². The molecule has 22 heavy (non-hydrogen) atoms. The van der Waals surface area contributed by atoms with E-state index >= 15 is 0 Å². The molecule has 8 heteroatoms. The van der Waals surface area contributed by atoms with Crippen LogP contribution in [-0.2, 0) is 6.42 Å². The molecule has 112 valence electrons. The molecule has 0 radical (unpaired) electrons. The van der Waals surface area contributed by atoms with Crippen LogP contribution in [0.25, 0.3) is 11.5 Å². The largest absolute Gasteiger partial charge is 0.434 e. The van der Waals surface area contributed by atoms with Crippen molar-refractivity contribution in [3.63, 3.8) is 0 Å². The topological polar surface area (TPSA) is 96.7 Å². The normalized spacial score (nSPS) is 10.6. The van der Waals surface area contributed by atoms with Crippen LogP contribution in [0.15, 0.2) is 45.9 Å². The first-order valence-electron chi connectivity index (χ1n) is 6.57. The maximum Gasteiger partial charge on any atom is 0.434 e. The summed E-state index contributed by atoms with van der Waals surface area (Å²) < 4.78 is 4.82. The maximum absolute atomic E-state index is 10.9. The second-order valence-corrected chi connectivity index (χ2v) is 4.95. The van der Waals surface area contributed by atoms with Crippen molar-refractivity contribution in [3.05, 3.63) is 57.8 Å². The van der Waals surface area contributed by atoms with Crippen LogP contribution in [0.3, 0.4) is 0 Å². The molecule has 0 aliphatic heterocycles. The van der Waals surface area contributed by atoms with Gasteiger partial charge in [0, 0.05) is 24.0 Å². The van der Waals surface area contributed by atoms with Gasteiger partial charge in [0.1, 0.15) is 0 Å². The van der Waals surface area contributed by atoms with Gasteiger partial charge < -0.3 is 9.73 Å². The van der Waals surface area contributed by atoms with Crippen LogP contribution in [0.2, 0.25) is 5.02 Å². The van der Waals surface area contributed by atoms with E-state index < -0.39 is 5.76 Å². The molecule has 2 aromatic heterocycles. The molecule has 0 fully saturated rings. The minimum atomic E-state index is -0.611. The van der Waals surface area contributed by atoms with E-state index in [0.29, 0.717) is 18.1 Å². The highest BCUT2D eigenvalue weighted by molar-refractivity contribution is 6.30. The standard InChI is InChI=1S/C14H12ClN5O2/c15-11-3-1-9(2-4-11)5-6-16-13-17-7-10(8-18-13)12-19-20-14(21)22-12/h1-4,7-8H,5-6H2,(H,20,21)(H,16,17,18). The minimum Gasteiger partial charge on any atom is -0.388 e. The van der Waals surface area contributed by atoms with Gasteiger partial charge in [-0.25, -0.2) is 19.9 Å². The first-order chi connectivity index (χ1) is 10.7. The van der Waals surface area contributed by atoms with Crippen molar-refractivity contribution in [2.75, 3.05) is 11.9 Å². The fourth-order valence-electron chi connectivity index (χ4n) is 1.85. The second-order valence-electron chi connectivity index (χ2n) is 4.52. The number of rotatable bonds is 5. The lowest BCUT2D eigenvalue weighted by molar-refractivity contribution is 0.526. The number of nitrogens with zero attached hydrogens (tertiary/aromatic N) is 3. The molecule has 0 saturated carbocycles. The summed E-state index contributed by atoms with van der Waals surface area (Å²) in [5.74, 6) is 0.0495. The van der Waals surface area contributed by atoms with Crippen LogP contribution in [0.5, 0.6) is 0 Å². The molecule has 0 aliphatic carbocycles. The highest BCUT2D eigenvalue weighted by Gasteiger charge is 2.06. The van der Waals surface area contributed by atoms with Crippen molar-refractivity contribution in [1.82, 2.24) is 20.2 Å². The van der Waals surface area contributed by atoms with Gasteiger partial charge >= 0.3 is 5.76 Å². The van der Waals surface area contributed by atoms with Crippen LogP contribution in [0, 0.1) is 0 Å². The Kier molecular flexibility index (Phi) is 4.15. The first-order valence-corrected chi connectivity index (χ1v) is 6.95. The quantitative estimate of drug-likeness (QED) is 0.748. The SMILES string of the molecule is O=c1[nH]nc(-c2cnc(NCCc3ccc(Cl)cc3)nc2)o1. The number of halogens is 1. The van der Waals surface area contributed by atoms with Gasteiger partial charge in [-0.2, -0.15) is 0 Å². The third-order valence-electron chi connectivity index (χ3n) is 2.95. The zero-order valence-electron chi connectivity index (χ0n) is 11.4. The molecule has 0 atom stereocenters. The average molecular weight is 318 g/mol. The molecular formula is C14H12ClN5O2. The molecule has 0 spiro atoms. The summed E-state index contributed by atoms with van der Waals surface area (Å²) in [6.07, 6.45) is 3.91. The lowest BCUT2D eigenvalue weighted by atomic mass is 10.1. The number of anilines is 1. The molecule has 7 nitrogen and oxygen atoms in total. The number of hydrogen-bond donors (Lipinski definition) is 2. The Balaban J connectivity index is 1.57. The Bertz CT molecular complexity index is 795. The lowest BCUT2D eigenvalue weighted by Gasteiger charge is -2.05. The lowest BCUT2D eigenvalue weighted by Crippen LogP contribution is -2.07. The zero-order chi connectivity index (χ0) is 15.4. The molecule has 1 aromatic carbocycles. The Morgan fingerprint density at radius 3 is 2.55 bits per heavy atom. The van der Waals surface area contributed by atoms with Gasteiger partial charge in [0.05, 0.1) is 5.56 Å². The van der Waals surface area contributed by atoms with Gasteiger partial charge in [-0.3, -0.25) is 0 Å². The molecule has 3 aromatic rings. The fraction of sp³-hybridized carbons (Fsp3) is 0.143. The molecule has 0 bridgehead atoms. The number of hydrogen-bond acceptors (Lipinski definition) is 6. The van der Waals surface area contributed by atoms with Crippen molar-refractivity contribution < 1.29 is 4.42 Å². The summed E-state index contributed by atoms with van der Waals surface area (Å²) in [7, 11) is 0. The number of aromatic nitrogens is 4. The molecule has 0 aliphatic rings. The maximum atomic E-state index is 10.9. The van der Waals surface area contributed by atoms with Crippen molar-refractivity contribution in [2.45, 2.75) is 6.42 Å². The number of benzene rings is 1. The van der Waals surface area contributed by atoms with Gasteiger partial charge in [-0.1, -0.05) is 23.7 Å². The Morgan fingerprint density at radius 1 is 1.18 bits per heavy atom. The van der Waals surface area contributed by atoms with Crippen LogP contribution < -0.4 is 11.1 Å².